The number of nitrogens with zero attached hydrogens (tertiary/aromatic N) is 4. The average molecular weight is 404 g/mol. The standard InChI is InChI=1S/C22H37N5O2/c1-4-23-22(25-16-18-8-11-24-21(15-18)26(2)3)27-12-9-19(10-13-27)29-17-20-7-5-6-14-28-20/h8,11,15,19-20H,4-7,9-10,12-14,16-17H2,1-3H3,(H,23,25). The summed E-state index contributed by atoms with van der Waals surface area (Å²) in [5.74, 6) is 1.95. The molecular formula is C22H37N5O2. The number of piperidine rings is 1. The normalized spacial score (nSPS) is 21.3. The molecule has 162 valence electrons. The van der Waals surface area contributed by atoms with Gasteiger partial charge in [0, 0.05) is 46.5 Å². The molecular weight excluding hydrogens is 366 g/mol. The smallest absolute Gasteiger partial charge is 0.194 e. The number of anilines is 1. The summed E-state index contributed by atoms with van der Waals surface area (Å²) in [5, 5.41) is 3.45. The Morgan fingerprint density at radius 1 is 1.31 bits per heavy atom. The topological polar surface area (TPSA) is 62.2 Å². The van der Waals surface area contributed by atoms with Gasteiger partial charge in [-0.05, 0) is 56.7 Å². The fourth-order valence-corrected chi connectivity index (χ4v) is 3.81. The lowest BCUT2D eigenvalue weighted by molar-refractivity contribution is -0.0721. The van der Waals surface area contributed by atoms with Gasteiger partial charge in [-0.2, -0.15) is 0 Å². The van der Waals surface area contributed by atoms with Crippen molar-refractivity contribution in [1.82, 2.24) is 15.2 Å². The third-order valence-electron chi connectivity index (χ3n) is 5.55. The number of aromatic nitrogens is 1. The quantitative estimate of drug-likeness (QED) is 0.558. The lowest BCUT2D eigenvalue weighted by Crippen LogP contribution is -2.47. The van der Waals surface area contributed by atoms with Crippen LogP contribution in [0.5, 0.6) is 0 Å². The molecule has 1 aromatic rings. The fraction of sp³-hybridized carbons (Fsp3) is 0.727. The zero-order valence-corrected chi connectivity index (χ0v) is 18.3. The van der Waals surface area contributed by atoms with Crippen LogP contribution in [-0.4, -0.2) is 75.0 Å². The predicted molar refractivity (Wildman–Crippen MR) is 118 cm³/mol. The summed E-state index contributed by atoms with van der Waals surface area (Å²) in [6.07, 6.45) is 8.16. The maximum atomic E-state index is 6.15. The Labute approximate surface area is 175 Å². The largest absolute Gasteiger partial charge is 0.376 e. The number of aliphatic imine (C=N–C) groups is 1. The molecule has 2 aliphatic heterocycles. The molecule has 1 N–H and O–H groups in total. The minimum Gasteiger partial charge on any atom is -0.376 e. The number of ether oxygens (including phenoxy) is 2. The zero-order chi connectivity index (χ0) is 20.5. The van der Waals surface area contributed by atoms with Crippen LogP contribution in [0.4, 0.5) is 5.82 Å². The molecule has 7 heteroatoms. The SMILES string of the molecule is CCNC(=NCc1ccnc(N(C)C)c1)N1CCC(OCC2CCCCO2)CC1. The van der Waals surface area contributed by atoms with Gasteiger partial charge >= 0.3 is 0 Å². The Morgan fingerprint density at radius 2 is 2.14 bits per heavy atom. The summed E-state index contributed by atoms with van der Waals surface area (Å²) in [6.45, 7) is 7.22. The molecule has 0 spiro atoms. The Morgan fingerprint density at radius 3 is 2.83 bits per heavy atom. The lowest BCUT2D eigenvalue weighted by atomic mass is 10.1. The first-order chi connectivity index (χ1) is 14.2. The zero-order valence-electron chi connectivity index (χ0n) is 18.3. The Kier molecular flexibility index (Phi) is 8.55. The third kappa shape index (κ3) is 6.85. The van der Waals surface area contributed by atoms with Crippen LogP contribution in [0.3, 0.4) is 0 Å². The van der Waals surface area contributed by atoms with E-state index in [2.05, 4.69) is 28.2 Å². The summed E-state index contributed by atoms with van der Waals surface area (Å²) in [4.78, 5) is 13.6. The van der Waals surface area contributed by atoms with E-state index >= 15 is 0 Å². The first kappa shape index (κ1) is 21.8. The molecule has 3 heterocycles. The van der Waals surface area contributed by atoms with Crippen LogP contribution in [0.15, 0.2) is 23.3 Å². The molecule has 0 bridgehead atoms. The van der Waals surface area contributed by atoms with Crippen molar-refractivity contribution in [2.75, 3.05) is 51.8 Å². The molecule has 1 aromatic heterocycles. The van der Waals surface area contributed by atoms with E-state index < -0.39 is 0 Å². The van der Waals surface area contributed by atoms with E-state index in [9.17, 15) is 0 Å². The van der Waals surface area contributed by atoms with Crippen molar-refractivity contribution in [2.45, 2.75) is 57.8 Å². The summed E-state index contributed by atoms with van der Waals surface area (Å²) in [5.41, 5.74) is 1.17. The summed E-state index contributed by atoms with van der Waals surface area (Å²) in [6, 6.07) is 4.13. The molecule has 7 nitrogen and oxygen atoms in total. The Balaban J connectivity index is 1.49. The average Bonchev–Trinajstić information content (AvgIpc) is 2.76. The van der Waals surface area contributed by atoms with Crippen LogP contribution in [0, 0.1) is 0 Å². The van der Waals surface area contributed by atoms with E-state index in [-0.39, 0.29) is 0 Å². The van der Waals surface area contributed by atoms with Gasteiger partial charge in [0.1, 0.15) is 5.82 Å². The highest BCUT2D eigenvalue weighted by atomic mass is 16.5. The molecule has 2 fully saturated rings. The maximum Gasteiger partial charge on any atom is 0.194 e. The summed E-state index contributed by atoms with van der Waals surface area (Å²) < 4.78 is 11.9. The second kappa shape index (κ2) is 11.4. The number of likely N-dealkylation sites (tertiary alicyclic amines) is 1. The Bertz CT molecular complexity index is 638. The summed E-state index contributed by atoms with van der Waals surface area (Å²) in [7, 11) is 4.01. The van der Waals surface area contributed by atoms with Crippen LogP contribution in [-0.2, 0) is 16.0 Å². The molecule has 0 aliphatic carbocycles. The van der Waals surface area contributed by atoms with Crippen molar-refractivity contribution in [3.05, 3.63) is 23.9 Å². The van der Waals surface area contributed by atoms with Gasteiger partial charge in [-0.15, -0.1) is 0 Å². The van der Waals surface area contributed by atoms with Gasteiger partial charge in [-0.1, -0.05) is 0 Å². The van der Waals surface area contributed by atoms with Crippen LogP contribution in [0.25, 0.3) is 0 Å². The predicted octanol–water partition coefficient (Wildman–Crippen LogP) is 2.66. The first-order valence-corrected chi connectivity index (χ1v) is 11.0. The van der Waals surface area contributed by atoms with Crippen molar-refractivity contribution < 1.29 is 9.47 Å². The van der Waals surface area contributed by atoms with Crippen molar-refractivity contribution in [3.8, 4) is 0 Å². The highest BCUT2D eigenvalue weighted by Crippen LogP contribution is 2.18. The number of guanidine groups is 1. The molecule has 3 rings (SSSR count). The molecule has 0 saturated carbocycles. The van der Waals surface area contributed by atoms with Crippen LogP contribution >= 0.6 is 0 Å². The van der Waals surface area contributed by atoms with E-state index in [0.29, 0.717) is 18.8 Å². The number of nitrogens with one attached hydrogen (secondary N) is 1. The van der Waals surface area contributed by atoms with Crippen molar-refractivity contribution >= 4 is 11.8 Å². The van der Waals surface area contributed by atoms with Crippen molar-refractivity contribution in [1.29, 1.82) is 0 Å². The summed E-state index contributed by atoms with van der Waals surface area (Å²) >= 11 is 0. The number of hydrogen-bond acceptors (Lipinski definition) is 5. The van der Waals surface area contributed by atoms with E-state index in [1.54, 1.807) is 0 Å². The molecule has 0 aromatic carbocycles. The van der Waals surface area contributed by atoms with Gasteiger partial charge in [0.25, 0.3) is 0 Å². The van der Waals surface area contributed by atoms with Gasteiger partial charge < -0.3 is 24.6 Å². The maximum absolute atomic E-state index is 6.15. The molecule has 0 radical (unpaired) electrons. The van der Waals surface area contributed by atoms with Crippen molar-refractivity contribution in [3.63, 3.8) is 0 Å². The highest BCUT2D eigenvalue weighted by Gasteiger charge is 2.23. The molecule has 0 amide bonds. The number of hydrogen-bond donors (Lipinski definition) is 1. The highest BCUT2D eigenvalue weighted by molar-refractivity contribution is 5.80. The number of pyridine rings is 1. The second-order valence-corrected chi connectivity index (χ2v) is 8.10. The fourth-order valence-electron chi connectivity index (χ4n) is 3.81. The van der Waals surface area contributed by atoms with Crippen LogP contribution < -0.4 is 10.2 Å². The van der Waals surface area contributed by atoms with Crippen molar-refractivity contribution in [2.24, 2.45) is 4.99 Å². The lowest BCUT2D eigenvalue weighted by Gasteiger charge is -2.35. The molecule has 29 heavy (non-hydrogen) atoms. The molecule has 1 unspecified atom stereocenters. The second-order valence-electron chi connectivity index (χ2n) is 8.10. The molecule has 2 saturated heterocycles. The molecule has 1 atom stereocenters. The minimum atomic E-state index is 0.299. The van der Waals surface area contributed by atoms with E-state index in [1.807, 2.05) is 31.3 Å². The van der Waals surface area contributed by atoms with E-state index in [4.69, 9.17) is 14.5 Å². The Hall–Kier alpha value is -1.86. The van der Waals surface area contributed by atoms with Gasteiger partial charge in [-0.25, -0.2) is 9.98 Å². The minimum absolute atomic E-state index is 0.299. The van der Waals surface area contributed by atoms with Crippen LogP contribution in [0.1, 0.15) is 44.6 Å². The number of rotatable bonds is 7. The van der Waals surface area contributed by atoms with Gasteiger partial charge in [0.2, 0.25) is 0 Å². The van der Waals surface area contributed by atoms with E-state index in [0.717, 1.165) is 63.9 Å². The van der Waals surface area contributed by atoms with E-state index in [1.165, 1.54) is 18.4 Å². The monoisotopic (exact) mass is 403 g/mol. The van der Waals surface area contributed by atoms with Gasteiger partial charge in [0.05, 0.1) is 25.4 Å². The van der Waals surface area contributed by atoms with Crippen LogP contribution in [0.2, 0.25) is 0 Å². The van der Waals surface area contributed by atoms with Gasteiger partial charge in [0.15, 0.2) is 5.96 Å². The molecule has 2 aliphatic rings. The third-order valence-corrected chi connectivity index (χ3v) is 5.55. The van der Waals surface area contributed by atoms with Gasteiger partial charge in [-0.3, -0.25) is 0 Å². The first-order valence-electron chi connectivity index (χ1n) is 11.0.